The third-order valence-electron chi connectivity index (χ3n) is 1.42. The molecule has 0 aliphatic rings. The number of hydrogen-bond donors (Lipinski definition) is 4. The summed E-state index contributed by atoms with van der Waals surface area (Å²) in [6.45, 7) is 0. The van der Waals surface area contributed by atoms with Gasteiger partial charge in [-0.25, -0.2) is 9.59 Å². The number of hydrogen-bond acceptors (Lipinski definition) is 3. The van der Waals surface area contributed by atoms with Crippen LogP contribution in [0.15, 0.2) is 14.4 Å². The molecule has 0 amide bonds. The van der Waals surface area contributed by atoms with Gasteiger partial charge in [-0.05, 0) is 0 Å². The topological polar surface area (TPSA) is 114 Å². The van der Waals surface area contributed by atoms with Crippen molar-refractivity contribution in [3.63, 3.8) is 0 Å². The second-order valence-electron chi connectivity index (χ2n) is 2.24. The van der Waals surface area contributed by atoms with Gasteiger partial charge in [0.25, 0.3) is 5.56 Å². The van der Waals surface area contributed by atoms with E-state index in [-0.39, 0.29) is 86.6 Å². The Morgan fingerprint density at radius 2 is 1.21 bits per heavy atom. The van der Waals surface area contributed by atoms with Crippen molar-refractivity contribution in [3.05, 3.63) is 31.3 Å². The average Bonchev–Trinajstić information content (AvgIpc) is 2.29. The van der Waals surface area contributed by atoms with Crippen molar-refractivity contribution in [2.24, 2.45) is 0 Å². The molecule has 0 saturated heterocycles. The van der Waals surface area contributed by atoms with Gasteiger partial charge in [0.2, 0.25) is 0 Å². The Bertz CT molecular complexity index is 591. The molecule has 0 saturated carbocycles. The zero-order valence-corrected chi connectivity index (χ0v) is 11.6. The van der Waals surface area contributed by atoms with Gasteiger partial charge < -0.3 is 0 Å². The number of aromatic amines is 4. The smallest absolute Gasteiger partial charge is 0.300 e. The molecule has 0 aliphatic carbocycles. The summed E-state index contributed by atoms with van der Waals surface area (Å²) >= 11 is 0. The summed E-state index contributed by atoms with van der Waals surface area (Å²) in [6, 6.07) is 0. The van der Waals surface area contributed by atoms with E-state index in [4.69, 9.17) is 0 Å². The van der Waals surface area contributed by atoms with Gasteiger partial charge in [-0.2, -0.15) is 0 Å². The fourth-order valence-corrected chi connectivity index (χ4v) is 0.958. The molecule has 0 spiro atoms. The number of rotatable bonds is 0. The van der Waals surface area contributed by atoms with Crippen LogP contribution in [0.1, 0.15) is 0 Å². The molecule has 0 aliphatic heterocycles. The van der Waals surface area contributed by atoms with Gasteiger partial charge in [0.15, 0.2) is 0 Å². The van der Waals surface area contributed by atoms with Crippen molar-refractivity contribution in [3.8, 4) is 0 Å². The Hall–Kier alpha value is 0.469. The first kappa shape index (κ1) is 14.5. The van der Waals surface area contributed by atoms with E-state index >= 15 is 0 Å². The largest absolute Gasteiger partial charge is 0.327 e. The molecule has 14 heavy (non-hydrogen) atoms. The number of aromatic nitrogens is 4. The van der Waals surface area contributed by atoms with Crippen molar-refractivity contribution >= 4 is 86.6 Å². The maximum absolute atomic E-state index is 10.9. The number of nitrogens with one attached hydrogen (secondary N) is 4. The van der Waals surface area contributed by atoms with Crippen LogP contribution >= 0.6 is 0 Å². The molecular formula is C5H4Ca2N4O3. The normalized spacial score (nSPS) is 9.14. The summed E-state index contributed by atoms with van der Waals surface area (Å²) in [5.41, 5.74) is -1.65. The molecule has 66 valence electrons. The summed E-state index contributed by atoms with van der Waals surface area (Å²) < 4.78 is 0. The number of H-pyrrole nitrogens is 4. The predicted molar refractivity (Wildman–Crippen MR) is 51.7 cm³/mol. The number of imidazole rings is 1. The summed E-state index contributed by atoms with van der Waals surface area (Å²) in [5.74, 6) is 0. The quantitative estimate of drug-likeness (QED) is 0.385. The van der Waals surface area contributed by atoms with Crippen LogP contribution in [0, 0.1) is 0 Å². The molecule has 4 radical (unpaired) electrons. The summed E-state index contributed by atoms with van der Waals surface area (Å²) in [7, 11) is 0. The Balaban J connectivity index is 0.000000845. The monoisotopic (exact) mass is 248 g/mol. The average molecular weight is 248 g/mol. The Morgan fingerprint density at radius 3 is 1.79 bits per heavy atom. The van der Waals surface area contributed by atoms with Crippen molar-refractivity contribution in [2.45, 2.75) is 0 Å². The van der Waals surface area contributed by atoms with Crippen LogP contribution in [0.5, 0.6) is 0 Å². The third kappa shape index (κ3) is 2.74. The predicted octanol–water partition coefficient (Wildman–Crippen LogP) is -2.53. The van der Waals surface area contributed by atoms with E-state index < -0.39 is 16.9 Å². The first-order valence-electron chi connectivity index (χ1n) is 3.11. The second-order valence-corrected chi connectivity index (χ2v) is 2.24. The Morgan fingerprint density at radius 1 is 0.714 bits per heavy atom. The molecule has 2 aromatic heterocycles. The standard InChI is InChI=1S/C5H4N4O3.2Ca/c10-3-1-2(7-4(11)6-1)8-5(12)9-3;;/h(H4,6,7,8,9,10,11,12);;. The van der Waals surface area contributed by atoms with Crippen LogP contribution in [-0.4, -0.2) is 95.4 Å². The Kier molecular flexibility index (Phi) is 5.71. The maximum atomic E-state index is 10.9. The summed E-state index contributed by atoms with van der Waals surface area (Å²) in [5, 5.41) is 0. The van der Waals surface area contributed by atoms with E-state index in [2.05, 4.69) is 15.0 Å². The molecule has 0 unspecified atom stereocenters. The summed E-state index contributed by atoms with van der Waals surface area (Å²) in [6.07, 6.45) is 0. The fourth-order valence-electron chi connectivity index (χ4n) is 0.958. The molecule has 0 atom stereocenters. The van der Waals surface area contributed by atoms with Crippen LogP contribution < -0.4 is 16.9 Å². The van der Waals surface area contributed by atoms with Crippen molar-refractivity contribution in [2.75, 3.05) is 0 Å². The maximum Gasteiger partial charge on any atom is 0.327 e. The minimum Gasteiger partial charge on any atom is -0.300 e. The van der Waals surface area contributed by atoms with Crippen molar-refractivity contribution in [1.82, 2.24) is 19.9 Å². The van der Waals surface area contributed by atoms with Crippen LogP contribution in [0.2, 0.25) is 0 Å². The fraction of sp³-hybridized carbons (Fsp3) is 0. The molecule has 2 aromatic rings. The first-order chi connectivity index (χ1) is 5.66. The van der Waals surface area contributed by atoms with Gasteiger partial charge in [-0.15, -0.1) is 0 Å². The van der Waals surface area contributed by atoms with E-state index in [1.165, 1.54) is 0 Å². The van der Waals surface area contributed by atoms with Crippen LogP contribution in [-0.2, 0) is 0 Å². The molecule has 2 heterocycles. The van der Waals surface area contributed by atoms with Crippen LogP contribution in [0.3, 0.4) is 0 Å². The molecule has 4 N–H and O–H groups in total. The molecule has 7 nitrogen and oxygen atoms in total. The first-order valence-corrected chi connectivity index (χ1v) is 3.11. The second kappa shape index (κ2) is 5.53. The minimum absolute atomic E-state index is 0. The molecule has 9 heteroatoms. The molecule has 2 rings (SSSR count). The molecular weight excluding hydrogens is 244 g/mol. The molecule has 0 aromatic carbocycles. The van der Waals surface area contributed by atoms with Gasteiger partial charge in [0, 0.05) is 75.5 Å². The zero-order valence-electron chi connectivity index (χ0n) is 7.14. The van der Waals surface area contributed by atoms with Gasteiger partial charge in [0.05, 0.1) is 0 Å². The van der Waals surface area contributed by atoms with E-state index in [1.807, 2.05) is 4.98 Å². The van der Waals surface area contributed by atoms with Gasteiger partial charge >= 0.3 is 11.4 Å². The van der Waals surface area contributed by atoms with Gasteiger partial charge in [0.1, 0.15) is 11.2 Å². The van der Waals surface area contributed by atoms with Gasteiger partial charge in [-0.3, -0.25) is 24.7 Å². The zero-order chi connectivity index (χ0) is 8.72. The van der Waals surface area contributed by atoms with Gasteiger partial charge in [-0.1, -0.05) is 0 Å². The molecule has 0 bridgehead atoms. The number of fused-ring (bicyclic) bond motifs is 1. The van der Waals surface area contributed by atoms with E-state index in [9.17, 15) is 14.4 Å². The third-order valence-corrected chi connectivity index (χ3v) is 1.42. The SMILES string of the molecule is O=c1[nH]c(=O)c2[nH]c(=O)[nH]c2[nH]1.[Ca].[Ca]. The van der Waals surface area contributed by atoms with E-state index in [1.54, 1.807) is 0 Å². The van der Waals surface area contributed by atoms with Crippen LogP contribution in [0.25, 0.3) is 11.2 Å². The minimum atomic E-state index is -0.650. The van der Waals surface area contributed by atoms with E-state index in [0.29, 0.717) is 0 Å². The van der Waals surface area contributed by atoms with Crippen LogP contribution in [0.4, 0.5) is 0 Å². The van der Waals surface area contributed by atoms with Crippen molar-refractivity contribution in [1.29, 1.82) is 0 Å². The molecule has 0 fully saturated rings. The summed E-state index contributed by atoms with van der Waals surface area (Å²) in [4.78, 5) is 41.0. The van der Waals surface area contributed by atoms with Crippen molar-refractivity contribution < 1.29 is 0 Å². The van der Waals surface area contributed by atoms with E-state index in [0.717, 1.165) is 0 Å². The Labute approximate surface area is 136 Å².